The number of nitrogens with zero attached hydrogens (tertiary/aromatic N) is 1. The first kappa shape index (κ1) is 18.4. The smallest absolute Gasteiger partial charge is 0.292 e. The molecule has 0 saturated heterocycles. The van der Waals surface area contributed by atoms with Gasteiger partial charge in [0.15, 0.2) is 0 Å². The van der Waals surface area contributed by atoms with E-state index in [0.29, 0.717) is 5.92 Å². The molecule has 0 aliphatic heterocycles. The van der Waals surface area contributed by atoms with Crippen molar-refractivity contribution in [2.24, 2.45) is 11.1 Å². The van der Waals surface area contributed by atoms with Gasteiger partial charge in [-0.2, -0.15) is 0 Å². The van der Waals surface area contributed by atoms with Crippen LogP contribution >= 0.6 is 7.82 Å². The number of phosphoric acid groups is 1. The summed E-state index contributed by atoms with van der Waals surface area (Å²) in [6.07, 6.45) is 9.43. The van der Waals surface area contributed by atoms with Crippen LogP contribution in [0.15, 0.2) is 17.8 Å². The molecule has 1 saturated carbocycles. The highest BCUT2D eigenvalue weighted by Gasteiger charge is 2.28. The summed E-state index contributed by atoms with van der Waals surface area (Å²) in [5.41, 5.74) is 0.953. The first-order valence-corrected chi connectivity index (χ1v) is 9.36. The molecule has 0 bridgehead atoms. The fourth-order valence-corrected chi connectivity index (χ4v) is 3.52. The SMILES string of the molecule is C=CCC/C(=N/OP(=O)(OCC)OCC)C1CCCCC1. The Bertz CT molecular complexity index is 368. The van der Waals surface area contributed by atoms with Crippen LogP contribution in [0.5, 0.6) is 0 Å². The van der Waals surface area contributed by atoms with Crippen LogP contribution in [0.3, 0.4) is 0 Å². The van der Waals surface area contributed by atoms with E-state index in [1.54, 1.807) is 13.8 Å². The van der Waals surface area contributed by atoms with E-state index in [1.165, 1.54) is 19.3 Å². The van der Waals surface area contributed by atoms with Crippen molar-refractivity contribution in [2.75, 3.05) is 13.2 Å². The molecule has 1 rings (SSSR count). The standard InChI is InChI=1S/C15H28NO4P/c1-4-7-13-15(14-11-9-8-10-12-14)16-20-21(17,18-5-2)19-6-3/h4,14H,1,5-13H2,2-3H3/b16-15-. The molecule has 122 valence electrons. The quantitative estimate of drug-likeness (QED) is 0.244. The Morgan fingerprint density at radius 1 is 1.24 bits per heavy atom. The zero-order valence-electron chi connectivity index (χ0n) is 13.3. The minimum atomic E-state index is -3.57. The average molecular weight is 317 g/mol. The topological polar surface area (TPSA) is 57.1 Å². The molecule has 5 nitrogen and oxygen atoms in total. The predicted molar refractivity (Wildman–Crippen MR) is 85.4 cm³/mol. The highest BCUT2D eigenvalue weighted by molar-refractivity contribution is 7.48. The van der Waals surface area contributed by atoms with Crippen LogP contribution < -0.4 is 0 Å². The Balaban J connectivity index is 2.74. The lowest BCUT2D eigenvalue weighted by molar-refractivity contribution is 0.124. The lowest BCUT2D eigenvalue weighted by Crippen LogP contribution is -2.18. The number of hydrogen-bond acceptors (Lipinski definition) is 5. The Morgan fingerprint density at radius 3 is 2.38 bits per heavy atom. The van der Waals surface area contributed by atoms with Gasteiger partial charge < -0.3 is 0 Å². The van der Waals surface area contributed by atoms with Crippen LogP contribution in [0.1, 0.15) is 58.8 Å². The fraction of sp³-hybridized carbons (Fsp3) is 0.800. The van der Waals surface area contributed by atoms with Crippen LogP contribution in [0.2, 0.25) is 0 Å². The maximum absolute atomic E-state index is 12.3. The molecular weight excluding hydrogens is 289 g/mol. The van der Waals surface area contributed by atoms with Crippen molar-refractivity contribution in [3.05, 3.63) is 12.7 Å². The summed E-state index contributed by atoms with van der Waals surface area (Å²) in [5, 5.41) is 4.15. The van der Waals surface area contributed by atoms with Crippen molar-refractivity contribution in [1.82, 2.24) is 0 Å². The van der Waals surface area contributed by atoms with E-state index in [-0.39, 0.29) is 13.2 Å². The molecular formula is C15H28NO4P. The van der Waals surface area contributed by atoms with E-state index in [2.05, 4.69) is 11.7 Å². The summed E-state index contributed by atoms with van der Waals surface area (Å²) in [6.45, 7) is 7.77. The minimum absolute atomic E-state index is 0.262. The minimum Gasteiger partial charge on any atom is -0.292 e. The van der Waals surface area contributed by atoms with Gasteiger partial charge in [0.2, 0.25) is 0 Å². The van der Waals surface area contributed by atoms with Crippen molar-refractivity contribution in [3.63, 3.8) is 0 Å². The number of allylic oxidation sites excluding steroid dienone is 1. The van der Waals surface area contributed by atoms with Crippen LogP contribution in [0.4, 0.5) is 0 Å². The van der Waals surface area contributed by atoms with E-state index in [9.17, 15) is 4.57 Å². The summed E-state index contributed by atoms with van der Waals surface area (Å²) in [5.74, 6) is 0.412. The third-order valence-corrected chi connectivity index (χ3v) is 4.94. The van der Waals surface area contributed by atoms with E-state index in [4.69, 9.17) is 13.7 Å². The molecule has 1 fully saturated rings. The third-order valence-electron chi connectivity index (χ3n) is 3.51. The molecule has 0 aromatic rings. The molecule has 0 unspecified atom stereocenters. The van der Waals surface area contributed by atoms with Crippen molar-refractivity contribution >= 4 is 13.5 Å². The lowest BCUT2D eigenvalue weighted by atomic mass is 9.84. The Labute approximate surface area is 128 Å². The Kier molecular flexibility index (Phi) is 8.90. The van der Waals surface area contributed by atoms with Gasteiger partial charge in [-0.15, -0.1) is 6.58 Å². The summed E-state index contributed by atoms with van der Waals surface area (Å²) in [6, 6.07) is 0. The van der Waals surface area contributed by atoms with Gasteiger partial charge in [0.1, 0.15) is 0 Å². The van der Waals surface area contributed by atoms with Crippen LogP contribution in [0.25, 0.3) is 0 Å². The van der Waals surface area contributed by atoms with Crippen molar-refractivity contribution in [1.29, 1.82) is 0 Å². The summed E-state index contributed by atoms with van der Waals surface area (Å²) in [7, 11) is -3.57. The third kappa shape index (κ3) is 6.77. The van der Waals surface area contributed by atoms with Crippen LogP contribution in [-0.4, -0.2) is 18.9 Å². The van der Waals surface area contributed by atoms with E-state index < -0.39 is 7.82 Å². The summed E-state index contributed by atoms with van der Waals surface area (Å²) >= 11 is 0. The summed E-state index contributed by atoms with van der Waals surface area (Å²) < 4.78 is 27.7. The second-order valence-corrected chi connectivity index (χ2v) is 6.68. The van der Waals surface area contributed by atoms with Gasteiger partial charge in [-0.05, 0) is 39.5 Å². The highest BCUT2D eigenvalue weighted by Crippen LogP contribution is 2.49. The monoisotopic (exact) mass is 317 g/mol. The largest absolute Gasteiger partial charge is 0.550 e. The van der Waals surface area contributed by atoms with E-state index in [0.717, 1.165) is 31.4 Å². The van der Waals surface area contributed by atoms with Crippen molar-refractivity contribution in [3.8, 4) is 0 Å². The van der Waals surface area contributed by atoms with Gasteiger partial charge in [0, 0.05) is 5.92 Å². The maximum atomic E-state index is 12.3. The molecule has 6 heteroatoms. The van der Waals surface area contributed by atoms with Gasteiger partial charge in [-0.25, -0.2) is 4.57 Å². The second kappa shape index (κ2) is 10.1. The highest BCUT2D eigenvalue weighted by atomic mass is 31.2. The van der Waals surface area contributed by atoms with Gasteiger partial charge in [-0.3, -0.25) is 13.7 Å². The van der Waals surface area contributed by atoms with Crippen molar-refractivity contribution < 1.29 is 18.2 Å². The maximum Gasteiger partial charge on any atom is 0.550 e. The first-order valence-electron chi connectivity index (χ1n) is 7.90. The molecule has 0 aromatic carbocycles. The van der Waals surface area contributed by atoms with Crippen LogP contribution in [-0.2, 0) is 18.2 Å². The molecule has 1 aliphatic rings. The Morgan fingerprint density at radius 2 is 1.86 bits per heavy atom. The van der Waals surface area contributed by atoms with Crippen LogP contribution in [0, 0.1) is 5.92 Å². The van der Waals surface area contributed by atoms with Gasteiger partial charge in [0.05, 0.1) is 18.9 Å². The molecule has 0 heterocycles. The predicted octanol–water partition coefficient (Wildman–Crippen LogP) is 5.09. The number of oxime groups is 1. The molecule has 21 heavy (non-hydrogen) atoms. The number of hydrogen-bond donors (Lipinski definition) is 0. The molecule has 0 amide bonds. The molecule has 0 aromatic heterocycles. The Hall–Kier alpha value is -0.640. The zero-order chi connectivity index (χ0) is 15.6. The molecule has 0 atom stereocenters. The lowest BCUT2D eigenvalue weighted by Gasteiger charge is -2.23. The fourth-order valence-electron chi connectivity index (χ4n) is 2.51. The second-order valence-electron chi connectivity index (χ2n) is 5.11. The molecule has 0 spiro atoms. The average Bonchev–Trinajstić information content (AvgIpc) is 2.49. The molecule has 0 N–H and O–H groups in total. The van der Waals surface area contributed by atoms with Crippen molar-refractivity contribution in [2.45, 2.75) is 58.8 Å². The number of phosphoric ester groups is 1. The number of rotatable bonds is 10. The van der Waals surface area contributed by atoms with Gasteiger partial charge >= 0.3 is 7.82 Å². The molecule has 1 aliphatic carbocycles. The van der Waals surface area contributed by atoms with E-state index in [1.807, 2.05) is 6.08 Å². The van der Waals surface area contributed by atoms with Gasteiger partial charge in [0.25, 0.3) is 0 Å². The molecule has 0 radical (unpaired) electrons. The van der Waals surface area contributed by atoms with E-state index >= 15 is 0 Å². The van der Waals surface area contributed by atoms with Gasteiger partial charge in [-0.1, -0.05) is 30.5 Å². The normalized spacial score (nSPS) is 17.7. The zero-order valence-corrected chi connectivity index (χ0v) is 14.1. The summed E-state index contributed by atoms with van der Waals surface area (Å²) in [4.78, 5) is 0. The first-order chi connectivity index (χ1) is 10.1.